The monoisotopic (exact) mass is 302 g/mol. The lowest BCUT2D eigenvalue weighted by atomic mass is 9.96. The third kappa shape index (κ3) is 2.65. The summed E-state index contributed by atoms with van der Waals surface area (Å²) in [5.74, 6) is 2.12. The van der Waals surface area contributed by atoms with Crippen LogP contribution < -0.4 is 14.8 Å². The van der Waals surface area contributed by atoms with Gasteiger partial charge in [0.05, 0.1) is 0 Å². The lowest BCUT2D eigenvalue weighted by Crippen LogP contribution is -2.47. The van der Waals surface area contributed by atoms with Crippen LogP contribution in [-0.4, -0.2) is 49.2 Å². The Morgan fingerprint density at radius 1 is 1.32 bits per heavy atom. The van der Waals surface area contributed by atoms with E-state index in [4.69, 9.17) is 9.47 Å². The standard InChI is InChI=1S/C17H22N2O3/c1-11-10-21-15-3-2-13(7-16(15)22-11)17(20)18-14-6-12-4-5-19(8-12)9-14/h2-3,7,11-12,14H,4-6,8-10H2,1H3,(H,18,20). The predicted octanol–water partition coefficient (Wildman–Crippen LogP) is 1.67. The van der Waals surface area contributed by atoms with Crippen molar-refractivity contribution in [3.05, 3.63) is 23.8 Å². The van der Waals surface area contributed by atoms with Crippen LogP contribution >= 0.6 is 0 Å². The number of carbonyl (C=O) groups is 1. The zero-order chi connectivity index (χ0) is 15.1. The number of hydrogen-bond acceptors (Lipinski definition) is 4. The quantitative estimate of drug-likeness (QED) is 0.903. The van der Waals surface area contributed by atoms with E-state index in [1.807, 2.05) is 19.1 Å². The Bertz CT molecular complexity index is 577. The molecule has 3 aliphatic rings. The average molecular weight is 302 g/mol. The van der Waals surface area contributed by atoms with Gasteiger partial charge in [0.25, 0.3) is 5.91 Å². The molecule has 3 aliphatic heterocycles. The molecule has 1 amide bonds. The largest absolute Gasteiger partial charge is 0.486 e. The fourth-order valence-electron chi connectivity index (χ4n) is 3.75. The Morgan fingerprint density at radius 3 is 3.09 bits per heavy atom. The van der Waals surface area contributed by atoms with E-state index in [1.54, 1.807) is 6.07 Å². The molecular formula is C17H22N2O3. The van der Waals surface area contributed by atoms with Crippen LogP contribution in [0.25, 0.3) is 0 Å². The molecule has 4 atom stereocenters. The maximum atomic E-state index is 12.5. The summed E-state index contributed by atoms with van der Waals surface area (Å²) < 4.78 is 11.3. The van der Waals surface area contributed by atoms with Gasteiger partial charge in [-0.2, -0.15) is 0 Å². The number of benzene rings is 1. The van der Waals surface area contributed by atoms with Crippen LogP contribution in [0.3, 0.4) is 0 Å². The van der Waals surface area contributed by atoms with Crippen molar-refractivity contribution < 1.29 is 14.3 Å². The van der Waals surface area contributed by atoms with Crippen molar-refractivity contribution in [2.24, 2.45) is 5.92 Å². The fourth-order valence-corrected chi connectivity index (χ4v) is 3.75. The Balaban J connectivity index is 1.45. The minimum absolute atomic E-state index is 0.0165. The summed E-state index contributed by atoms with van der Waals surface area (Å²) in [7, 11) is 0. The van der Waals surface area contributed by atoms with Crippen molar-refractivity contribution in [3.63, 3.8) is 0 Å². The highest BCUT2D eigenvalue weighted by atomic mass is 16.6. The van der Waals surface area contributed by atoms with Gasteiger partial charge in [0, 0.05) is 24.7 Å². The maximum Gasteiger partial charge on any atom is 0.251 e. The lowest BCUT2D eigenvalue weighted by molar-refractivity contribution is 0.0902. The van der Waals surface area contributed by atoms with Gasteiger partial charge in [0.15, 0.2) is 11.5 Å². The number of hydrogen-bond donors (Lipinski definition) is 1. The first-order valence-corrected chi connectivity index (χ1v) is 8.14. The average Bonchev–Trinajstić information content (AvgIpc) is 2.85. The van der Waals surface area contributed by atoms with E-state index in [9.17, 15) is 4.79 Å². The number of fused-ring (bicyclic) bond motifs is 3. The van der Waals surface area contributed by atoms with Crippen molar-refractivity contribution in [3.8, 4) is 11.5 Å². The van der Waals surface area contributed by atoms with Gasteiger partial charge in [-0.3, -0.25) is 4.79 Å². The van der Waals surface area contributed by atoms with Gasteiger partial charge in [-0.1, -0.05) is 0 Å². The highest BCUT2D eigenvalue weighted by Crippen LogP contribution is 2.33. The number of amides is 1. The van der Waals surface area contributed by atoms with Crippen LogP contribution in [-0.2, 0) is 0 Å². The maximum absolute atomic E-state index is 12.5. The van der Waals surface area contributed by atoms with E-state index >= 15 is 0 Å². The molecule has 4 rings (SSSR count). The molecule has 5 heteroatoms. The van der Waals surface area contributed by atoms with E-state index in [0.717, 1.165) is 24.6 Å². The molecular weight excluding hydrogens is 280 g/mol. The molecule has 0 saturated carbocycles. The molecule has 4 unspecified atom stereocenters. The smallest absolute Gasteiger partial charge is 0.251 e. The first-order valence-electron chi connectivity index (χ1n) is 8.14. The number of nitrogens with zero attached hydrogens (tertiary/aromatic N) is 1. The Kier molecular flexibility index (Phi) is 3.45. The molecule has 3 heterocycles. The summed E-state index contributed by atoms with van der Waals surface area (Å²) >= 11 is 0. The molecule has 0 aliphatic carbocycles. The van der Waals surface area contributed by atoms with Crippen LogP contribution in [0.4, 0.5) is 0 Å². The van der Waals surface area contributed by atoms with Crippen LogP contribution in [0, 0.1) is 5.92 Å². The topological polar surface area (TPSA) is 50.8 Å². The molecule has 0 spiro atoms. The van der Waals surface area contributed by atoms with Gasteiger partial charge in [-0.25, -0.2) is 0 Å². The predicted molar refractivity (Wildman–Crippen MR) is 82.4 cm³/mol. The summed E-state index contributed by atoms with van der Waals surface area (Å²) in [6.45, 7) is 5.87. The molecule has 0 radical (unpaired) electrons. The molecule has 0 aromatic heterocycles. The molecule has 118 valence electrons. The number of nitrogens with one attached hydrogen (secondary N) is 1. The summed E-state index contributed by atoms with van der Waals surface area (Å²) in [4.78, 5) is 14.9. The molecule has 2 fully saturated rings. The van der Waals surface area contributed by atoms with Crippen molar-refractivity contribution in [1.29, 1.82) is 0 Å². The second kappa shape index (κ2) is 5.47. The summed E-state index contributed by atoms with van der Waals surface area (Å²) in [6.07, 6.45) is 2.39. The highest BCUT2D eigenvalue weighted by Gasteiger charge is 2.33. The first-order chi connectivity index (χ1) is 10.7. The van der Waals surface area contributed by atoms with E-state index in [0.29, 0.717) is 17.9 Å². The van der Waals surface area contributed by atoms with Gasteiger partial charge >= 0.3 is 0 Å². The molecule has 2 bridgehead atoms. The van der Waals surface area contributed by atoms with Crippen molar-refractivity contribution in [2.75, 3.05) is 26.2 Å². The minimum Gasteiger partial charge on any atom is -0.486 e. The first kappa shape index (κ1) is 13.9. The summed E-state index contributed by atoms with van der Waals surface area (Å²) in [5, 5.41) is 3.18. The molecule has 1 aromatic rings. The number of carbonyl (C=O) groups excluding carboxylic acids is 1. The SMILES string of the molecule is CC1COc2ccc(C(=O)NC3CC4CCN(C4)C3)cc2O1. The van der Waals surface area contributed by atoms with Gasteiger partial charge in [0.1, 0.15) is 12.7 Å². The van der Waals surface area contributed by atoms with Crippen LogP contribution in [0.1, 0.15) is 30.1 Å². The van der Waals surface area contributed by atoms with E-state index in [1.165, 1.54) is 19.5 Å². The van der Waals surface area contributed by atoms with Gasteiger partial charge in [0.2, 0.25) is 0 Å². The normalized spacial score (nSPS) is 32.6. The zero-order valence-corrected chi connectivity index (χ0v) is 12.9. The minimum atomic E-state index is -0.0165. The molecule has 5 nitrogen and oxygen atoms in total. The highest BCUT2D eigenvalue weighted by molar-refractivity contribution is 5.95. The Hall–Kier alpha value is -1.75. The number of piperidine rings is 1. The number of rotatable bonds is 2. The fraction of sp³-hybridized carbons (Fsp3) is 0.588. The summed E-state index contributed by atoms with van der Waals surface area (Å²) in [6, 6.07) is 5.69. The molecule has 2 saturated heterocycles. The van der Waals surface area contributed by atoms with Crippen LogP contribution in [0.15, 0.2) is 18.2 Å². The third-order valence-electron chi connectivity index (χ3n) is 4.81. The molecule has 1 N–H and O–H groups in total. The van der Waals surface area contributed by atoms with Crippen LogP contribution in [0.5, 0.6) is 11.5 Å². The molecule has 22 heavy (non-hydrogen) atoms. The molecule has 1 aromatic carbocycles. The van der Waals surface area contributed by atoms with Gasteiger partial charge in [-0.05, 0) is 50.4 Å². The van der Waals surface area contributed by atoms with Crippen LogP contribution in [0.2, 0.25) is 0 Å². The van der Waals surface area contributed by atoms with E-state index in [-0.39, 0.29) is 18.1 Å². The van der Waals surface area contributed by atoms with Crippen molar-refractivity contribution >= 4 is 5.91 Å². The summed E-state index contributed by atoms with van der Waals surface area (Å²) in [5.41, 5.74) is 0.643. The number of ether oxygens (including phenoxy) is 2. The van der Waals surface area contributed by atoms with E-state index in [2.05, 4.69) is 10.2 Å². The lowest BCUT2D eigenvalue weighted by Gasteiger charge is -2.30. The second-order valence-electron chi connectivity index (χ2n) is 6.72. The van der Waals surface area contributed by atoms with E-state index < -0.39 is 0 Å². The third-order valence-corrected chi connectivity index (χ3v) is 4.81. The van der Waals surface area contributed by atoms with Gasteiger partial charge in [-0.15, -0.1) is 0 Å². The zero-order valence-electron chi connectivity index (χ0n) is 12.9. The second-order valence-corrected chi connectivity index (χ2v) is 6.72. The van der Waals surface area contributed by atoms with Gasteiger partial charge < -0.3 is 19.7 Å². The van der Waals surface area contributed by atoms with Crippen molar-refractivity contribution in [2.45, 2.75) is 31.9 Å². The Labute approximate surface area is 130 Å². The Morgan fingerprint density at radius 2 is 2.23 bits per heavy atom. The van der Waals surface area contributed by atoms with Crippen molar-refractivity contribution in [1.82, 2.24) is 10.2 Å².